The lowest BCUT2D eigenvalue weighted by Crippen LogP contribution is -2.40. The van der Waals surface area contributed by atoms with E-state index in [4.69, 9.17) is 4.43 Å². The summed E-state index contributed by atoms with van der Waals surface area (Å²) in [5.41, 5.74) is 4.16. The smallest absolute Gasteiger partial charge is 0.328 e. The highest BCUT2D eigenvalue weighted by Gasteiger charge is 2.36. The Balaban J connectivity index is 1.98. The highest BCUT2D eigenvalue weighted by molar-refractivity contribution is 6.74. The molecule has 0 saturated heterocycles. The molecule has 0 radical (unpaired) electrons. The fraction of sp³-hybridized carbons (Fsp3) is 0.393. The van der Waals surface area contributed by atoms with Crippen molar-refractivity contribution in [3.05, 3.63) is 71.9 Å². The topological polar surface area (TPSA) is 34.5 Å². The van der Waals surface area contributed by atoms with Crippen LogP contribution in [0.3, 0.4) is 0 Å². The Morgan fingerprint density at radius 1 is 1.03 bits per heavy atom. The number of carbonyl (C=O) groups is 1. The largest absolute Gasteiger partial charge is 0.417 e. The van der Waals surface area contributed by atoms with Gasteiger partial charge in [0.25, 0.3) is 0 Å². The molecule has 0 unspecified atom stereocenters. The second kappa shape index (κ2) is 10.1. The quantitative estimate of drug-likeness (QED) is 0.269. The van der Waals surface area contributed by atoms with E-state index in [2.05, 4.69) is 64.2 Å². The summed E-state index contributed by atoms with van der Waals surface area (Å²) < 4.78 is 8.28. The Bertz CT molecular complexity index is 1120. The summed E-state index contributed by atoms with van der Waals surface area (Å²) in [4.78, 5) is 14.8. The first kappa shape index (κ1) is 25.0. The van der Waals surface area contributed by atoms with Crippen molar-refractivity contribution < 1.29 is 9.22 Å². The zero-order chi connectivity index (χ0) is 24.2. The summed E-state index contributed by atoms with van der Waals surface area (Å²) in [6, 6.07) is 20.5. The van der Waals surface area contributed by atoms with Gasteiger partial charge in [-0.1, -0.05) is 69.3 Å². The second-order valence-corrected chi connectivity index (χ2v) is 15.2. The Hall–Kier alpha value is -2.63. The highest BCUT2D eigenvalue weighted by Crippen LogP contribution is 2.37. The lowest BCUT2D eigenvalue weighted by atomic mass is 10.0. The number of carbonyl (C=O) groups excluding carboxylic acids is 1. The number of para-hydroxylation sites is 1. The summed E-state index contributed by atoms with van der Waals surface area (Å²) in [5, 5.41) is 1.26. The van der Waals surface area contributed by atoms with Crippen LogP contribution in [0.1, 0.15) is 44.9 Å². The van der Waals surface area contributed by atoms with Crippen molar-refractivity contribution in [2.24, 2.45) is 0 Å². The maximum absolute atomic E-state index is 13.2. The van der Waals surface area contributed by atoms with E-state index >= 15 is 0 Å². The van der Waals surface area contributed by atoms with Crippen LogP contribution in [0.2, 0.25) is 18.1 Å². The van der Waals surface area contributed by atoms with E-state index in [1.54, 1.807) is 19.0 Å². The zero-order valence-corrected chi connectivity index (χ0v) is 22.2. The summed E-state index contributed by atoms with van der Waals surface area (Å²) in [7, 11) is 1.81. The predicted octanol–water partition coefficient (Wildman–Crippen LogP) is 7.51. The van der Waals surface area contributed by atoms with Crippen molar-refractivity contribution in [2.45, 2.75) is 51.7 Å². The third-order valence-electron chi connectivity index (χ3n) is 6.61. The Labute approximate surface area is 200 Å². The summed E-state index contributed by atoms with van der Waals surface area (Å²) in [5.74, 6) is 0. The van der Waals surface area contributed by atoms with Crippen LogP contribution < -0.4 is 0 Å². The molecule has 1 amide bonds. The predicted molar refractivity (Wildman–Crippen MR) is 143 cm³/mol. The molecule has 5 heteroatoms. The van der Waals surface area contributed by atoms with Gasteiger partial charge >= 0.3 is 6.03 Å². The third-order valence-corrected chi connectivity index (χ3v) is 11.2. The number of benzene rings is 2. The first-order valence-electron chi connectivity index (χ1n) is 11.7. The normalized spacial score (nSPS) is 12.9. The maximum atomic E-state index is 13.2. The van der Waals surface area contributed by atoms with Crippen molar-refractivity contribution in [2.75, 3.05) is 20.7 Å². The molecule has 0 saturated carbocycles. The van der Waals surface area contributed by atoms with Gasteiger partial charge < -0.3 is 9.33 Å². The van der Waals surface area contributed by atoms with Crippen molar-refractivity contribution in [3.8, 4) is 0 Å². The van der Waals surface area contributed by atoms with Crippen LogP contribution in [0.15, 0.2) is 60.7 Å². The molecule has 176 valence electrons. The van der Waals surface area contributed by atoms with Gasteiger partial charge in [0.2, 0.25) is 0 Å². The van der Waals surface area contributed by atoms with Crippen molar-refractivity contribution in [3.63, 3.8) is 0 Å². The number of hydrogen-bond acceptors (Lipinski definition) is 2. The average Bonchev–Trinajstić information content (AvgIpc) is 3.14. The molecule has 4 nitrogen and oxygen atoms in total. The summed E-state index contributed by atoms with van der Waals surface area (Å²) in [6.45, 7) is 12.1. The third kappa shape index (κ3) is 5.84. The summed E-state index contributed by atoms with van der Waals surface area (Å²) in [6.07, 6.45) is 3.95. The van der Waals surface area contributed by atoms with Crippen molar-refractivity contribution in [1.82, 2.24) is 9.47 Å². The van der Waals surface area contributed by atoms with Gasteiger partial charge in [-0.15, -0.1) is 0 Å². The minimum Gasteiger partial charge on any atom is -0.417 e. The van der Waals surface area contributed by atoms with Gasteiger partial charge in [-0.2, -0.15) is 0 Å². The molecule has 0 aliphatic rings. The maximum Gasteiger partial charge on any atom is 0.328 e. The van der Waals surface area contributed by atoms with E-state index in [0.29, 0.717) is 0 Å². The van der Waals surface area contributed by atoms with Crippen LogP contribution in [0.5, 0.6) is 0 Å². The number of aromatic nitrogens is 1. The molecule has 1 heterocycles. The van der Waals surface area contributed by atoms with Crippen LogP contribution in [0.4, 0.5) is 4.79 Å². The van der Waals surface area contributed by atoms with E-state index < -0.39 is 8.32 Å². The van der Waals surface area contributed by atoms with E-state index in [1.165, 1.54) is 0 Å². The minimum absolute atomic E-state index is 0.0392. The molecule has 0 spiro atoms. The summed E-state index contributed by atoms with van der Waals surface area (Å²) >= 11 is 0. The Morgan fingerprint density at radius 3 is 2.30 bits per heavy atom. The molecule has 0 bridgehead atoms. The Kier molecular flexibility index (Phi) is 7.65. The highest BCUT2D eigenvalue weighted by atomic mass is 28.4. The lowest BCUT2D eigenvalue weighted by molar-refractivity contribution is 0.220. The number of nitrogens with zero attached hydrogens (tertiary/aromatic N) is 2. The first-order chi connectivity index (χ1) is 15.5. The molecule has 0 fully saturated rings. The molecule has 0 aliphatic carbocycles. The van der Waals surface area contributed by atoms with E-state index in [9.17, 15) is 4.79 Å². The number of amides is 1. The SMILES string of the molecule is CN(C)C(=O)n1c(/C(=C/c2ccccc2)CCCO[Si](C)(C)C(C)(C)C)cc2ccccc21. The van der Waals surface area contributed by atoms with Crippen LogP contribution in [-0.2, 0) is 4.43 Å². The van der Waals surface area contributed by atoms with E-state index in [1.807, 2.05) is 41.0 Å². The van der Waals surface area contributed by atoms with Gasteiger partial charge in [-0.3, -0.25) is 4.57 Å². The molecule has 0 aliphatic heterocycles. The molecule has 0 N–H and O–H groups in total. The molecular formula is C28H38N2O2Si. The Morgan fingerprint density at radius 2 is 1.67 bits per heavy atom. The average molecular weight is 463 g/mol. The fourth-order valence-corrected chi connectivity index (χ4v) is 4.72. The second-order valence-electron chi connectivity index (χ2n) is 10.4. The number of fused-ring (bicyclic) bond motifs is 1. The number of rotatable bonds is 7. The molecule has 0 atom stereocenters. The first-order valence-corrected chi connectivity index (χ1v) is 14.6. The number of allylic oxidation sites excluding steroid dienone is 1. The van der Waals surface area contributed by atoms with Crippen molar-refractivity contribution >= 4 is 36.9 Å². The van der Waals surface area contributed by atoms with Gasteiger partial charge in [-0.05, 0) is 60.3 Å². The van der Waals surface area contributed by atoms with Gasteiger partial charge in [0, 0.05) is 26.1 Å². The van der Waals surface area contributed by atoms with Gasteiger partial charge in [0.1, 0.15) is 0 Å². The molecule has 3 aromatic rings. The fourth-order valence-electron chi connectivity index (χ4n) is 3.63. The van der Waals surface area contributed by atoms with Crippen LogP contribution in [0.25, 0.3) is 22.6 Å². The van der Waals surface area contributed by atoms with Gasteiger partial charge in [-0.25, -0.2) is 4.79 Å². The van der Waals surface area contributed by atoms with Gasteiger partial charge in [0.15, 0.2) is 8.32 Å². The van der Waals surface area contributed by atoms with Crippen LogP contribution in [-0.4, -0.2) is 44.5 Å². The molecular weight excluding hydrogens is 424 g/mol. The van der Waals surface area contributed by atoms with Crippen LogP contribution in [0, 0.1) is 0 Å². The molecule has 3 rings (SSSR count). The standard InChI is InChI=1S/C28H38N2O2Si/c1-28(2,3)33(6,7)32-19-13-17-23(20-22-14-9-8-10-15-22)26-21-24-16-11-12-18-25(24)30(26)27(31)29(4)5/h8-12,14-16,18,20-21H,13,17,19H2,1-7H3/b23-20+. The number of hydrogen-bond donors (Lipinski definition) is 0. The lowest BCUT2D eigenvalue weighted by Gasteiger charge is -2.36. The van der Waals surface area contributed by atoms with Crippen LogP contribution >= 0.6 is 0 Å². The van der Waals surface area contributed by atoms with E-state index in [-0.39, 0.29) is 11.1 Å². The van der Waals surface area contributed by atoms with Gasteiger partial charge in [0.05, 0.1) is 11.2 Å². The zero-order valence-electron chi connectivity index (χ0n) is 21.2. The van der Waals surface area contributed by atoms with E-state index in [0.717, 1.165) is 47.2 Å². The minimum atomic E-state index is -1.79. The van der Waals surface area contributed by atoms with Crippen molar-refractivity contribution in [1.29, 1.82) is 0 Å². The molecule has 1 aromatic heterocycles. The molecule has 2 aromatic carbocycles. The molecule has 33 heavy (non-hydrogen) atoms. The monoisotopic (exact) mass is 462 g/mol.